The molecular weight excluding hydrogens is 677 g/mol. The van der Waals surface area contributed by atoms with Crippen LogP contribution in [0.5, 0.6) is 5.75 Å². The van der Waals surface area contributed by atoms with Gasteiger partial charge in [-0.3, -0.25) is 14.4 Å². The van der Waals surface area contributed by atoms with Crippen molar-refractivity contribution in [2.24, 2.45) is 5.92 Å². The van der Waals surface area contributed by atoms with Crippen molar-refractivity contribution in [3.63, 3.8) is 0 Å². The minimum atomic E-state index is -1.46. The van der Waals surface area contributed by atoms with Gasteiger partial charge < -0.3 is 29.9 Å². The number of aliphatic carboxylic acids is 1. The number of nitrogens with zero attached hydrogens (tertiary/aromatic N) is 6. The number of methoxy groups -OCH3 is 1. The van der Waals surface area contributed by atoms with Crippen molar-refractivity contribution in [1.82, 2.24) is 40.7 Å². The normalized spacial score (nSPS) is 25.9. The zero-order valence-corrected chi connectivity index (χ0v) is 29.0. The molecule has 0 bridgehead atoms. The predicted molar refractivity (Wildman–Crippen MR) is 184 cm³/mol. The van der Waals surface area contributed by atoms with E-state index in [1.807, 2.05) is 41.8 Å². The monoisotopic (exact) mass is 714 g/mol. The molecule has 5 atom stereocenters. The second kappa shape index (κ2) is 14.1. The number of carbonyl (C=O) groups excluding carboxylic acids is 3. The third-order valence-electron chi connectivity index (χ3n) is 9.76. The van der Waals surface area contributed by atoms with E-state index in [9.17, 15) is 24.3 Å². The number of allylic oxidation sites excluding steroid dienone is 1. The first-order valence-electron chi connectivity index (χ1n) is 16.9. The molecule has 2 fully saturated rings. The molecule has 4 aromatic rings. The van der Waals surface area contributed by atoms with E-state index >= 15 is 0 Å². The molecule has 0 radical (unpaired) electrons. The molecule has 7 rings (SSSR count). The largest absolute Gasteiger partial charge is 0.497 e. The van der Waals surface area contributed by atoms with Gasteiger partial charge in [-0.1, -0.05) is 30.2 Å². The number of carboxylic acids is 1. The van der Waals surface area contributed by atoms with Crippen LogP contribution >= 0.6 is 11.3 Å². The second-order valence-corrected chi connectivity index (χ2v) is 14.1. The van der Waals surface area contributed by atoms with Gasteiger partial charge in [0.2, 0.25) is 11.8 Å². The lowest BCUT2D eigenvalue weighted by atomic mass is 10.0. The van der Waals surface area contributed by atoms with Crippen molar-refractivity contribution in [2.75, 3.05) is 13.7 Å². The maximum Gasteiger partial charge on any atom is 0.330 e. The number of nitrogens with one attached hydrogen (secondary N) is 2. The van der Waals surface area contributed by atoms with Crippen LogP contribution in [0.3, 0.4) is 0 Å². The number of aryl methyl sites for hydroxylation is 1. The highest BCUT2D eigenvalue weighted by molar-refractivity contribution is 7.13. The first-order valence-corrected chi connectivity index (χ1v) is 17.8. The minimum absolute atomic E-state index is 0.0413. The molecule has 1 aromatic carbocycles. The van der Waals surface area contributed by atoms with Crippen molar-refractivity contribution >= 4 is 35.0 Å². The Kier molecular flexibility index (Phi) is 9.42. The molecule has 266 valence electrons. The maximum atomic E-state index is 14.5. The van der Waals surface area contributed by atoms with Crippen LogP contribution in [0.15, 0.2) is 58.6 Å². The van der Waals surface area contributed by atoms with Gasteiger partial charge in [-0.15, -0.1) is 16.4 Å². The number of hydrogen-bond donors (Lipinski definition) is 3. The zero-order valence-electron chi connectivity index (χ0n) is 28.2. The SMILES string of the molecule is COc1ccc(-c2nn([C@@H]3C[C@H]4C(=O)N[C@]5(C(=O)O)C[C@@H]5/C=C\CCCCC[C@H](NC(=O)c5cc(C)on5)C(=O)N4C3)nc2-c2nccs2)cc1. The third-order valence-corrected chi connectivity index (χ3v) is 10.5. The number of carbonyl (C=O) groups is 4. The van der Waals surface area contributed by atoms with Crippen LogP contribution in [0.4, 0.5) is 0 Å². The summed E-state index contributed by atoms with van der Waals surface area (Å²) in [6.07, 6.45) is 9.20. The van der Waals surface area contributed by atoms with Crippen LogP contribution in [0.1, 0.15) is 67.2 Å². The van der Waals surface area contributed by atoms with E-state index in [1.165, 1.54) is 27.1 Å². The first kappa shape index (κ1) is 34.1. The average molecular weight is 715 g/mol. The Morgan fingerprint density at radius 3 is 2.65 bits per heavy atom. The maximum absolute atomic E-state index is 14.5. The number of hydrogen-bond acceptors (Lipinski definition) is 11. The van der Waals surface area contributed by atoms with Gasteiger partial charge in [-0.05, 0) is 56.9 Å². The highest BCUT2D eigenvalue weighted by Crippen LogP contribution is 2.46. The van der Waals surface area contributed by atoms with Crippen LogP contribution in [0, 0.1) is 12.8 Å². The molecule has 0 spiro atoms. The van der Waals surface area contributed by atoms with E-state index in [0.29, 0.717) is 40.7 Å². The number of ether oxygens (including phenoxy) is 1. The van der Waals surface area contributed by atoms with E-state index in [4.69, 9.17) is 19.5 Å². The number of benzene rings is 1. The van der Waals surface area contributed by atoms with Crippen LogP contribution in [-0.2, 0) is 14.4 Å². The van der Waals surface area contributed by atoms with Gasteiger partial charge in [0.1, 0.15) is 45.5 Å². The molecule has 1 saturated heterocycles. The summed E-state index contributed by atoms with van der Waals surface area (Å²) in [5.41, 5.74) is 0.470. The number of fused-ring (bicyclic) bond motifs is 2. The molecular formula is C35H38N8O7S. The average Bonchev–Trinajstić information content (AvgIpc) is 3.74. The van der Waals surface area contributed by atoms with E-state index in [2.05, 4.69) is 20.8 Å². The van der Waals surface area contributed by atoms with E-state index in [0.717, 1.165) is 24.8 Å². The lowest BCUT2D eigenvalue weighted by Crippen LogP contribution is -2.56. The summed E-state index contributed by atoms with van der Waals surface area (Å²) in [5, 5.41) is 31.9. The van der Waals surface area contributed by atoms with Gasteiger partial charge in [-0.25, -0.2) is 9.78 Å². The van der Waals surface area contributed by atoms with Gasteiger partial charge >= 0.3 is 5.97 Å². The minimum Gasteiger partial charge on any atom is -0.497 e. The Hall–Kier alpha value is -5.38. The summed E-state index contributed by atoms with van der Waals surface area (Å²) >= 11 is 1.41. The van der Waals surface area contributed by atoms with Crippen LogP contribution in [0.25, 0.3) is 22.0 Å². The lowest BCUT2D eigenvalue weighted by Gasteiger charge is -2.29. The molecule has 5 heterocycles. The summed E-state index contributed by atoms with van der Waals surface area (Å²) in [4.78, 5) is 61.8. The van der Waals surface area contributed by atoms with Gasteiger partial charge in [0, 0.05) is 42.1 Å². The number of rotatable bonds is 7. The quantitative estimate of drug-likeness (QED) is 0.236. The molecule has 3 amide bonds. The van der Waals surface area contributed by atoms with Crippen molar-refractivity contribution in [2.45, 2.75) is 75.5 Å². The smallest absolute Gasteiger partial charge is 0.330 e. The van der Waals surface area contributed by atoms with Crippen LogP contribution in [0.2, 0.25) is 0 Å². The molecule has 16 heteroatoms. The Bertz CT molecular complexity index is 1960. The third kappa shape index (κ3) is 6.87. The number of amides is 3. The fourth-order valence-corrected chi connectivity index (χ4v) is 7.49. The van der Waals surface area contributed by atoms with Crippen molar-refractivity contribution < 1.29 is 33.5 Å². The number of thiazole rings is 1. The predicted octanol–water partition coefficient (Wildman–Crippen LogP) is 3.79. The lowest BCUT2D eigenvalue weighted by molar-refractivity contribution is -0.145. The molecule has 3 aliphatic rings. The molecule has 2 aliphatic heterocycles. The molecule has 3 aromatic heterocycles. The summed E-state index contributed by atoms with van der Waals surface area (Å²) in [6.45, 7) is 1.71. The summed E-state index contributed by atoms with van der Waals surface area (Å²) < 4.78 is 10.4. The van der Waals surface area contributed by atoms with Crippen molar-refractivity contribution in [3.05, 3.63) is 65.5 Å². The van der Waals surface area contributed by atoms with Gasteiger partial charge in [-0.2, -0.15) is 9.90 Å². The van der Waals surface area contributed by atoms with E-state index in [-0.39, 0.29) is 31.0 Å². The Balaban J connectivity index is 1.24. The van der Waals surface area contributed by atoms with Crippen molar-refractivity contribution in [3.8, 4) is 27.7 Å². The van der Waals surface area contributed by atoms with Crippen LogP contribution < -0.4 is 15.4 Å². The number of carboxylic acid groups (broad SMARTS) is 1. The van der Waals surface area contributed by atoms with E-state index < -0.39 is 47.4 Å². The molecule has 15 nitrogen and oxygen atoms in total. The summed E-state index contributed by atoms with van der Waals surface area (Å²) in [5.74, 6) is -1.97. The fraction of sp³-hybridized carbons (Fsp3) is 0.429. The van der Waals surface area contributed by atoms with Gasteiger partial charge in [0.25, 0.3) is 5.91 Å². The second-order valence-electron chi connectivity index (χ2n) is 13.2. The van der Waals surface area contributed by atoms with Gasteiger partial charge in [0.05, 0.1) is 13.2 Å². The fourth-order valence-electron chi connectivity index (χ4n) is 6.86. The molecule has 1 aliphatic carbocycles. The highest BCUT2D eigenvalue weighted by atomic mass is 32.1. The standard InChI is InChI=1S/C35H38N8O7S/c1-20-16-26(41-50-20)30(44)37-25-9-7-5-3-4-6-8-22-18-35(22,34(47)48)38-31(45)27-17-23(19-42(27)33(25)46)43-39-28(21-10-12-24(49-2)13-11-21)29(40-43)32-36-14-15-51-32/h6,8,10-16,22-23,25,27H,3-5,7,9,17-19H2,1-2H3,(H,37,44)(H,38,45)(H,47,48)/b8-6-/t22-,23+,25-,27-,35+/m0/s1. The number of aromatic nitrogens is 5. The summed E-state index contributed by atoms with van der Waals surface area (Å²) in [6, 6.07) is 6.29. The topological polar surface area (TPSA) is 195 Å². The highest BCUT2D eigenvalue weighted by Gasteiger charge is 2.61. The molecule has 1 saturated carbocycles. The van der Waals surface area contributed by atoms with Gasteiger partial charge in [0.15, 0.2) is 5.69 Å². The zero-order chi connectivity index (χ0) is 35.7. The Morgan fingerprint density at radius 1 is 1.14 bits per heavy atom. The Morgan fingerprint density at radius 2 is 1.94 bits per heavy atom. The molecule has 3 N–H and O–H groups in total. The Labute approximate surface area is 297 Å². The summed E-state index contributed by atoms with van der Waals surface area (Å²) in [7, 11) is 1.59. The first-order chi connectivity index (χ1) is 24.7. The molecule has 51 heavy (non-hydrogen) atoms. The molecule has 0 unspecified atom stereocenters. The van der Waals surface area contributed by atoms with Crippen LogP contribution in [-0.4, -0.2) is 90.1 Å². The van der Waals surface area contributed by atoms with E-state index in [1.54, 1.807) is 20.2 Å². The van der Waals surface area contributed by atoms with Crippen molar-refractivity contribution in [1.29, 1.82) is 0 Å².